The highest BCUT2D eigenvalue weighted by atomic mass is 32.2. The summed E-state index contributed by atoms with van der Waals surface area (Å²) in [6.45, 7) is 6.71. The largest absolute Gasteiger partial charge is 0.338 e. The van der Waals surface area contributed by atoms with Gasteiger partial charge >= 0.3 is 0 Å². The number of fused-ring (bicyclic) bond motifs is 1. The SMILES string of the molecule is CC1CC(C)CN(C(=O)c2ccc(Cn3c(SCc4ccc(F)cc4)nc4ccncc43)cc2)C1. The van der Waals surface area contributed by atoms with Gasteiger partial charge in [0.05, 0.1) is 23.8 Å². The highest BCUT2D eigenvalue weighted by Gasteiger charge is 2.26. The lowest BCUT2D eigenvalue weighted by Crippen LogP contribution is -2.42. The van der Waals surface area contributed by atoms with Gasteiger partial charge in [-0.3, -0.25) is 9.78 Å². The smallest absolute Gasteiger partial charge is 0.253 e. The van der Waals surface area contributed by atoms with Crippen LogP contribution in [-0.2, 0) is 12.3 Å². The summed E-state index contributed by atoms with van der Waals surface area (Å²) in [5, 5.41) is 0.883. The molecule has 0 bridgehead atoms. The second-order valence-corrected chi connectivity index (χ2v) is 10.6. The Kier molecular flexibility index (Phi) is 6.86. The van der Waals surface area contributed by atoms with E-state index in [9.17, 15) is 9.18 Å². The lowest BCUT2D eigenvalue weighted by Gasteiger charge is -2.35. The minimum absolute atomic E-state index is 0.114. The molecule has 4 aromatic rings. The van der Waals surface area contributed by atoms with E-state index in [0.29, 0.717) is 24.1 Å². The Hall–Kier alpha value is -3.19. The van der Waals surface area contributed by atoms with Crippen molar-refractivity contribution < 1.29 is 9.18 Å². The number of aromatic nitrogens is 3. The van der Waals surface area contributed by atoms with Crippen molar-refractivity contribution in [2.45, 2.75) is 37.7 Å². The molecule has 7 heteroatoms. The van der Waals surface area contributed by atoms with Crippen molar-refractivity contribution in [1.82, 2.24) is 19.4 Å². The number of amides is 1. The Labute approximate surface area is 209 Å². The molecule has 2 atom stereocenters. The van der Waals surface area contributed by atoms with Gasteiger partial charge in [0.25, 0.3) is 5.91 Å². The molecule has 0 spiro atoms. The van der Waals surface area contributed by atoms with E-state index in [-0.39, 0.29) is 11.7 Å². The fourth-order valence-corrected chi connectivity index (χ4v) is 5.86. The molecular formula is C28H29FN4OS. The van der Waals surface area contributed by atoms with Crippen molar-refractivity contribution >= 4 is 28.7 Å². The van der Waals surface area contributed by atoms with E-state index in [1.54, 1.807) is 30.1 Å². The van der Waals surface area contributed by atoms with Gasteiger partial charge in [-0.2, -0.15) is 0 Å². The number of piperidine rings is 1. The van der Waals surface area contributed by atoms with Gasteiger partial charge in [-0.1, -0.05) is 49.9 Å². The second-order valence-electron chi connectivity index (χ2n) is 9.61. The minimum Gasteiger partial charge on any atom is -0.338 e. The normalized spacial score (nSPS) is 18.2. The summed E-state index contributed by atoms with van der Waals surface area (Å²) in [5.41, 5.74) is 4.72. The quantitative estimate of drug-likeness (QED) is 0.311. The summed E-state index contributed by atoms with van der Waals surface area (Å²) in [7, 11) is 0. The number of likely N-dealkylation sites (tertiary alicyclic amines) is 1. The van der Waals surface area contributed by atoms with Crippen molar-refractivity contribution in [1.29, 1.82) is 0 Å². The number of halogens is 1. The van der Waals surface area contributed by atoms with Gasteiger partial charge in [0.15, 0.2) is 5.16 Å². The van der Waals surface area contributed by atoms with Crippen LogP contribution in [0, 0.1) is 17.7 Å². The molecule has 1 aliphatic heterocycles. The number of hydrogen-bond donors (Lipinski definition) is 0. The van der Waals surface area contributed by atoms with Crippen LogP contribution in [-0.4, -0.2) is 38.4 Å². The number of nitrogens with zero attached hydrogens (tertiary/aromatic N) is 4. The molecule has 0 saturated carbocycles. The molecular weight excluding hydrogens is 459 g/mol. The van der Waals surface area contributed by atoms with Gasteiger partial charge in [-0.05, 0) is 59.7 Å². The summed E-state index contributed by atoms with van der Waals surface area (Å²) in [6.07, 6.45) is 4.76. The highest BCUT2D eigenvalue weighted by molar-refractivity contribution is 7.98. The molecule has 35 heavy (non-hydrogen) atoms. The number of carbonyl (C=O) groups excluding carboxylic acids is 1. The number of hydrogen-bond acceptors (Lipinski definition) is 4. The van der Waals surface area contributed by atoms with Crippen LogP contribution in [0.15, 0.2) is 72.1 Å². The molecule has 0 aliphatic carbocycles. The third kappa shape index (κ3) is 5.40. The molecule has 180 valence electrons. The zero-order valence-corrected chi connectivity index (χ0v) is 20.8. The molecule has 2 aromatic carbocycles. The number of pyridine rings is 1. The van der Waals surface area contributed by atoms with Gasteiger partial charge < -0.3 is 9.47 Å². The van der Waals surface area contributed by atoms with E-state index < -0.39 is 0 Å². The predicted octanol–water partition coefficient (Wildman–Crippen LogP) is 6.03. The number of rotatable bonds is 6. The fourth-order valence-electron chi connectivity index (χ4n) is 4.89. The molecule has 2 unspecified atom stereocenters. The first-order valence-corrected chi connectivity index (χ1v) is 13.0. The van der Waals surface area contributed by atoms with E-state index in [1.807, 2.05) is 41.4 Å². The Balaban J connectivity index is 1.34. The van der Waals surface area contributed by atoms with Crippen LogP contribution in [0.4, 0.5) is 4.39 Å². The lowest BCUT2D eigenvalue weighted by atomic mass is 9.91. The number of carbonyl (C=O) groups is 1. The Morgan fingerprint density at radius 1 is 1.00 bits per heavy atom. The van der Waals surface area contributed by atoms with Crippen molar-refractivity contribution in [2.75, 3.05) is 13.1 Å². The van der Waals surface area contributed by atoms with E-state index in [4.69, 9.17) is 4.98 Å². The maximum Gasteiger partial charge on any atom is 0.253 e. The van der Waals surface area contributed by atoms with Crippen LogP contribution >= 0.6 is 11.8 Å². The third-order valence-electron chi connectivity index (χ3n) is 6.49. The van der Waals surface area contributed by atoms with Crippen molar-refractivity contribution in [3.05, 3.63) is 89.5 Å². The first-order valence-electron chi connectivity index (χ1n) is 12.0. The molecule has 3 heterocycles. The summed E-state index contributed by atoms with van der Waals surface area (Å²) < 4.78 is 15.4. The minimum atomic E-state index is -0.233. The van der Waals surface area contributed by atoms with Crippen LogP contribution in [0.25, 0.3) is 11.0 Å². The molecule has 1 amide bonds. The van der Waals surface area contributed by atoms with Crippen molar-refractivity contribution in [3.8, 4) is 0 Å². The maximum atomic E-state index is 13.3. The van der Waals surface area contributed by atoms with E-state index in [0.717, 1.165) is 46.0 Å². The summed E-state index contributed by atoms with van der Waals surface area (Å²) in [4.78, 5) is 24.2. The molecule has 1 fully saturated rings. The zero-order chi connectivity index (χ0) is 24.4. The van der Waals surface area contributed by atoms with Crippen molar-refractivity contribution in [3.63, 3.8) is 0 Å². The first-order chi connectivity index (χ1) is 17.0. The number of thioether (sulfide) groups is 1. The van der Waals surface area contributed by atoms with E-state index in [2.05, 4.69) is 23.4 Å². The zero-order valence-electron chi connectivity index (χ0n) is 20.0. The molecule has 5 rings (SSSR count). The molecule has 1 saturated heterocycles. The third-order valence-corrected chi connectivity index (χ3v) is 7.54. The van der Waals surface area contributed by atoms with Crippen LogP contribution in [0.5, 0.6) is 0 Å². The second kappa shape index (κ2) is 10.2. The number of imidazole rings is 1. The molecule has 2 aromatic heterocycles. The summed E-state index contributed by atoms with van der Waals surface area (Å²) in [5.74, 6) is 1.65. The Morgan fingerprint density at radius 3 is 2.40 bits per heavy atom. The topological polar surface area (TPSA) is 51.0 Å². The van der Waals surface area contributed by atoms with Gasteiger partial charge in [-0.25, -0.2) is 9.37 Å². The van der Waals surface area contributed by atoms with Gasteiger partial charge in [0.1, 0.15) is 5.82 Å². The van der Waals surface area contributed by atoms with E-state index in [1.165, 1.54) is 18.6 Å². The van der Waals surface area contributed by atoms with E-state index >= 15 is 0 Å². The standard InChI is InChI=1S/C28H29FN4OS/c1-19-13-20(2)16-32(15-19)27(34)23-7-3-21(4-8-23)17-33-26-14-30-12-11-25(26)31-28(33)35-18-22-5-9-24(29)10-6-22/h3-12,14,19-20H,13,15-18H2,1-2H3. The maximum absolute atomic E-state index is 13.3. The average Bonchev–Trinajstić information content (AvgIpc) is 3.20. The Morgan fingerprint density at radius 2 is 1.69 bits per heavy atom. The first kappa shape index (κ1) is 23.5. The highest BCUT2D eigenvalue weighted by Crippen LogP contribution is 2.28. The van der Waals surface area contributed by atoms with Crippen LogP contribution in [0.2, 0.25) is 0 Å². The summed E-state index contributed by atoms with van der Waals surface area (Å²) >= 11 is 1.62. The average molecular weight is 489 g/mol. The molecule has 1 aliphatic rings. The lowest BCUT2D eigenvalue weighted by molar-refractivity contribution is 0.0623. The molecule has 0 radical (unpaired) electrons. The van der Waals surface area contributed by atoms with Crippen molar-refractivity contribution in [2.24, 2.45) is 11.8 Å². The molecule has 5 nitrogen and oxygen atoms in total. The predicted molar refractivity (Wildman–Crippen MR) is 138 cm³/mol. The fraction of sp³-hybridized carbons (Fsp3) is 0.321. The monoisotopic (exact) mass is 488 g/mol. The van der Waals surface area contributed by atoms with Crippen LogP contribution in [0.1, 0.15) is 41.8 Å². The molecule has 0 N–H and O–H groups in total. The van der Waals surface area contributed by atoms with Gasteiger partial charge in [0.2, 0.25) is 0 Å². The van der Waals surface area contributed by atoms with Crippen LogP contribution in [0.3, 0.4) is 0 Å². The van der Waals surface area contributed by atoms with Gasteiger partial charge in [0, 0.05) is 30.6 Å². The van der Waals surface area contributed by atoms with Crippen LogP contribution < -0.4 is 0 Å². The summed E-state index contributed by atoms with van der Waals surface area (Å²) in [6, 6.07) is 16.4. The van der Waals surface area contributed by atoms with Gasteiger partial charge in [-0.15, -0.1) is 0 Å². The number of benzene rings is 2. The Bertz CT molecular complexity index is 1310.